The van der Waals surface area contributed by atoms with Crippen molar-refractivity contribution >= 4 is 26.6 Å². The summed E-state index contributed by atoms with van der Waals surface area (Å²) in [5.74, 6) is -2.59. The van der Waals surface area contributed by atoms with E-state index in [-0.39, 0.29) is 4.90 Å². The van der Waals surface area contributed by atoms with Crippen LogP contribution in [0, 0.1) is 0 Å². The Morgan fingerprint density at radius 3 is 2.35 bits per heavy atom. The number of benzene rings is 2. The highest BCUT2D eigenvalue weighted by Gasteiger charge is 2.14. The Hall–Kier alpha value is -1.88. The third-order valence-electron chi connectivity index (χ3n) is 2.39. The zero-order valence-corrected chi connectivity index (χ0v) is 9.61. The van der Waals surface area contributed by atoms with Gasteiger partial charge in [-0.2, -0.15) is 0 Å². The fraction of sp³-hybridized carbons (Fsp3) is 0.0833. The van der Waals surface area contributed by atoms with E-state index in [2.05, 4.69) is 0 Å². The summed E-state index contributed by atoms with van der Waals surface area (Å²) in [5.41, 5.74) is 0. The third kappa shape index (κ3) is 2.45. The lowest BCUT2D eigenvalue weighted by Crippen LogP contribution is -2.30. The van der Waals surface area contributed by atoms with Gasteiger partial charge < -0.3 is 9.90 Å². The summed E-state index contributed by atoms with van der Waals surface area (Å²) in [6.07, 6.45) is 0. The number of hydrogen-bond donors (Lipinski definition) is 0. The second-order valence-electron chi connectivity index (χ2n) is 3.64. The van der Waals surface area contributed by atoms with Crippen molar-refractivity contribution in [3.63, 3.8) is 0 Å². The Kier molecular flexibility index (Phi) is 2.85. The Morgan fingerprint density at radius 2 is 1.71 bits per heavy atom. The summed E-state index contributed by atoms with van der Waals surface area (Å²) in [7, 11) is -3.81. The van der Waals surface area contributed by atoms with Gasteiger partial charge in [0.1, 0.15) is 0 Å². The van der Waals surface area contributed by atoms with Crippen LogP contribution in [0.1, 0.15) is 0 Å². The van der Waals surface area contributed by atoms with Crippen molar-refractivity contribution in [3.05, 3.63) is 42.5 Å². The van der Waals surface area contributed by atoms with E-state index in [0.29, 0.717) is 0 Å². The minimum Gasteiger partial charge on any atom is -0.549 e. The second kappa shape index (κ2) is 4.18. The molecule has 0 heterocycles. The summed E-state index contributed by atoms with van der Waals surface area (Å²) in [6, 6.07) is 11.8. The predicted octanol–water partition coefficient (Wildman–Crippen LogP) is 0.363. The van der Waals surface area contributed by atoms with Gasteiger partial charge in [0.25, 0.3) is 0 Å². The Balaban J connectivity index is 2.53. The molecule has 4 nitrogen and oxygen atoms in total. The van der Waals surface area contributed by atoms with Gasteiger partial charge in [-0.1, -0.05) is 30.3 Å². The fourth-order valence-corrected chi connectivity index (χ4v) is 2.66. The van der Waals surface area contributed by atoms with Gasteiger partial charge in [0.05, 0.1) is 16.6 Å². The van der Waals surface area contributed by atoms with Crippen molar-refractivity contribution in [1.82, 2.24) is 0 Å². The van der Waals surface area contributed by atoms with E-state index in [4.69, 9.17) is 0 Å². The van der Waals surface area contributed by atoms with E-state index < -0.39 is 21.6 Å². The van der Waals surface area contributed by atoms with E-state index in [1.807, 2.05) is 12.1 Å². The molecule has 2 rings (SSSR count). The SMILES string of the molecule is O=C([O-])CS(=O)(=O)c1ccc2ccccc2c1. The van der Waals surface area contributed by atoms with E-state index in [0.717, 1.165) is 10.8 Å². The molecular formula is C12H9O4S-. The molecule has 0 fully saturated rings. The van der Waals surface area contributed by atoms with Gasteiger partial charge in [-0.15, -0.1) is 0 Å². The van der Waals surface area contributed by atoms with Crippen molar-refractivity contribution in [1.29, 1.82) is 0 Å². The molecule has 0 aliphatic rings. The van der Waals surface area contributed by atoms with Crippen molar-refractivity contribution in [2.24, 2.45) is 0 Å². The molecule has 2 aromatic carbocycles. The number of hydrogen-bond acceptors (Lipinski definition) is 4. The fourth-order valence-electron chi connectivity index (χ4n) is 1.60. The first kappa shape index (κ1) is 11.6. The van der Waals surface area contributed by atoms with Gasteiger partial charge in [-0.05, 0) is 22.9 Å². The summed E-state index contributed by atoms with van der Waals surface area (Å²) < 4.78 is 23.3. The van der Waals surface area contributed by atoms with Gasteiger partial charge in [-0.3, -0.25) is 0 Å². The highest BCUT2D eigenvalue weighted by Crippen LogP contribution is 2.19. The number of fused-ring (bicyclic) bond motifs is 1. The van der Waals surface area contributed by atoms with Gasteiger partial charge in [0, 0.05) is 0 Å². The topological polar surface area (TPSA) is 74.3 Å². The molecule has 2 aromatic rings. The molecule has 0 spiro atoms. The van der Waals surface area contributed by atoms with Crippen LogP contribution < -0.4 is 5.11 Å². The summed E-state index contributed by atoms with van der Waals surface area (Å²) >= 11 is 0. The largest absolute Gasteiger partial charge is 0.549 e. The molecule has 0 atom stereocenters. The first-order valence-electron chi connectivity index (χ1n) is 4.90. The highest BCUT2D eigenvalue weighted by atomic mass is 32.2. The number of carbonyl (C=O) groups excluding carboxylic acids is 1. The number of rotatable bonds is 3. The zero-order valence-electron chi connectivity index (χ0n) is 8.79. The molecule has 0 unspecified atom stereocenters. The van der Waals surface area contributed by atoms with E-state index in [9.17, 15) is 18.3 Å². The Bertz CT molecular complexity index is 674. The van der Waals surface area contributed by atoms with Gasteiger partial charge in [0.15, 0.2) is 9.84 Å². The van der Waals surface area contributed by atoms with E-state index in [1.165, 1.54) is 12.1 Å². The second-order valence-corrected chi connectivity index (χ2v) is 5.63. The maximum Gasteiger partial charge on any atom is 0.183 e. The smallest absolute Gasteiger partial charge is 0.183 e. The van der Waals surface area contributed by atoms with Crippen LogP contribution in [0.15, 0.2) is 47.4 Å². The van der Waals surface area contributed by atoms with Crippen LogP contribution in [0.3, 0.4) is 0 Å². The molecule has 17 heavy (non-hydrogen) atoms. The van der Waals surface area contributed by atoms with Gasteiger partial charge >= 0.3 is 0 Å². The van der Waals surface area contributed by atoms with Crippen LogP contribution in [0.25, 0.3) is 10.8 Å². The summed E-state index contributed by atoms with van der Waals surface area (Å²) in [6.45, 7) is 0. The highest BCUT2D eigenvalue weighted by molar-refractivity contribution is 7.92. The van der Waals surface area contributed by atoms with Crippen LogP contribution in [0.4, 0.5) is 0 Å². The molecule has 0 saturated heterocycles. The monoisotopic (exact) mass is 249 g/mol. The third-order valence-corrected chi connectivity index (χ3v) is 3.98. The molecule has 0 saturated carbocycles. The molecule has 0 radical (unpaired) electrons. The van der Waals surface area contributed by atoms with Crippen molar-refractivity contribution in [2.45, 2.75) is 4.90 Å². The molecule has 0 bridgehead atoms. The van der Waals surface area contributed by atoms with E-state index in [1.54, 1.807) is 18.2 Å². The molecule has 0 aliphatic carbocycles. The van der Waals surface area contributed by atoms with Crippen molar-refractivity contribution in [3.8, 4) is 0 Å². The van der Waals surface area contributed by atoms with Gasteiger partial charge in [-0.25, -0.2) is 8.42 Å². The van der Waals surface area contributed by atoms with Crippen LogP contribution >= 0.6 is 0 Å². The van der Waals surface area contributed by atoms with Crippen LogP contribution in [-0.4, -0.2) is 20.1 Å². The molecule has 5 heteroatoms. The molecule has 88 valence electrons. The van der Waals surface area contributed by atoms with Crippen molar-refractivity contribution < 1.29 is 18.3 Å². The minimum atomic E-state index is -3.81. The molecule has 0 aliphatic heterocycles. The average Bonchev–Trinajstić information content (AvgIpc) is 2.26. The lowest BCUT2D eigenvalue weighted by atomic mass is 10.1. The molecular weight excluding hydrogens is 240 g/mol. The summed E-state index contributed by atoms with van der Waals surface area (Å²) in [5, 5.41) is 12.0. The average molecular weight is 249 g/mol. The lowest BCUT2D eigenvalue weighted by Gasteiger charge is -2.06. The number of carboxylic acids is 1. The number of sulfone groups is 1. The number of carboxylic acid groups (broad SMARTS) is 1. The molecule has 0 N–H and O–H groups in total. The predicted molar refractivity (Wildman–Crippen MR) is 61.0 cm³/mol. The Morgan fingerprint density at radius 1 is 1.06 bits per heavy atom. The normalized spacial score (nSPS) is 11.5. The first-order valence-corrected chi connectivity index (χ1v) is 6.56. The van der Waals surface area contributed by atoms with Crippen LogP contribution in [-0.2, 0) is 14.6 Å². The maximum absolute atomic E-state index is 11.7. The lowest BCUT2D eigenvalue weighted by molar-refractivity contribution is -0.301. The standard InChI is InChI=1S/C12H10O4S/c13-12(14)8-17(15,16)11-6-5-9-3-1-2-4-10(9)7-11/h1-7H,8H2,(H,13,14)/p-1. The zero-order chi connectivity index (χ0) is 12.5. The van der Waals surface area contributed by atoms with E-state index >= 15 is 0 Å². The number of carbonyl (C=O) groups is 1. The van der Waals surface area contributed by atoms with Crippen LogP contribution in [0.5, 0.6) is 0 Å². The minimum absolute atomic E-state index is 0.000370. The number of aliphatic carboxylic acids is 1. The van der Waals surface area contributed by atoms with Crippen molar-refractivity contribution in [2.75, 3.05) is 5.75 Å². The quantitative estimate of drug-likeness (QED) is 0.787. The maximum atomic E-state index is 11.7. The molecule has 0 aromatic heterocycles. The first-order chi connectivity index (χ1) is 7.99. The summed E-state index contributed by atoms with van der Waals surface area (Å²) in [4.78, 5) is 10.4. The molecule has 0 amide bonds. The van der Waals surface area contributed by atoms with Crippen LogP contribution in [0.2, 0.25) is 0 Å². The van der Waals surface area contributed by atoms with Gasteiger partial charge in [0.2, 0.25) is 0 Å². The Labute approximate surface area is 98.4 Å².